The van der Waals surface area contributed by atoms with E-state index in [0.29, 0.717) is 6.42 Å². The van der Waals surface area contributed by atoms with Crippen LogP contribution in [0.3, 0.4) is 0 Å². The van der Waals surface area contributed by atoms with Gasteiger partial charge >= 0.3 is 13.6 Å². The molecule has 1 atom stereocenters. The minimum atomic E-state index is -3.44. The van der Waals surface area contributed by atoms with Crippen molar-refractivity contribution < 1.29 is 23.1 Å². The molecule has 0 bridgehead atoms. The first kappa shape index (κ1) is 16.1. The first-order valence-electron chi connectivity index (χ1n) is 5.48. The van der Waals surface area contributed by atoms with E-state index in [0.717, 1.165) is 0 Å². The molecule has 0 N–H and O–H groups in total. The zero-order chi connectivity index (χ0) is 13.3. The summed E-state index contributed by atoms with van der Waals surface area (Å²) in [5.41, 5.74) is 0. The van der Waals surface area contributed by atoms with Crippen molar-refractivity contribution in [3.63, 3.8) is 0 Å². The second-order valence-corrected chi connectivity index (χ2v) is 5.17. The molecule has 0 aliphatic heterocycles. The van der Waals surface area contributed by atoms with E-state index in [1.54, 1.807) is 20.8 Å². The minimum absolute atomic E-state index is 0.181. The summed E-state index contributed by atoms with van der Waals surface area (Å²) in [5, 5.41) is 8.62. The molecule has 0 fully saturated rings. The topological polar surface area (TPSA) is 85.6 Å². The maximum absolute atomic E-state index is 12.0. The molecule has 0 aromatic heterocycles. The van der Waals surface area contributed by atoms with Crippen LogP contribution in [0.15, 0.2) is 0 Å². The van der Waals surface area contributed by atoms with Gasteiger partial charge in [0.25, 0.3) is 0 Å². The Kier molecular flexibility index (Phi) is 7.81. The number of nitrogens with zero attached hydrogens (tertiary/aromatic N) is 1. The summed E-state index contributed by atoms with van der Waals surface area (Å²) in [6.07, 6.45) is -0.901. The molecule has 1 unspecified atom stereocenters. The molecule has 0 rings (SSSR count). The van der Waals surface area contributed by atoms with Gasteiger partial charge in [0.05, 0.1) is 13.2 Å². The average Bonchev–Trinajstić information content (AvgIpc) is 2.26. The van der Waals surface area contributed by atoms with E-state index in [4.69, 9.17) is 19.0 Å². The van der Waals surface area contributed by atoms with Crippen molar-refractivity contribution >= 4 is 13.6 Å². The number of hydrogen-bond donors (Lipinski definition) is 0. The van der Waals surface area contributed by atoms with Crippen LogP contribution in [0, 0.1) is 11.3 Å². The molecule has 0 radical (unpaired) electrons. The van der Waals surface area contributed by atoms with E-state index in [9.17, 15) is 9.36 Å². The van der Waals surface area contributed by atoms with Crippen molar-refractivity contribution in [2.75, 3.05) is 19.4 Å². The summed E-state index contributed by atoms with van der Waals surface area (Å²) in [4.78, 5) is 11.4. The number of rotatable bonds is 8. The average molecular weight is 263 g/mol. The molecule has 17 heavy (non-hydrogen) atoms. The number of hydrogen-bond acceptors (Lipinski definition) is 6. The van der Waals surface area contributed by atoms with Crippen LogP contribution in [0.4, 0.5) is 0 Å². The maximum Gasteiger partial charge on any atom is 0.341 e. The van der Waals surface area contributed by atoms with Crippen LogP contribution in [0.5, 0.6) is 0 Å². The van der Waals surface area contributed by atoms with Crippen LogP contribution in [0.1, 0.15) is 27.2 Å². The normalized spacial score (nSPS) is 12.8. The van der Waals surface area contributed by atoms with Gasteiger partial charge in [-0.1, -0.05) is 6.92 Å². The van der Waals surface area contributed by atoms with E-state index < -0.39 is 25.8 Å². The van der Waals surface area contributed by atoms with Crippen molar-refractivity contribution in [2.45, 2.75) is 33.3 Å². The summed E-state index contributed by atoms with van der Waals surface area (Å²) in [6.45, 7) is 5.38. The van der Waals surface area contributed by atoms with Gasteiger partial charge in [-0.3, -0.25) is 9.36 Å². The molecule has 0 saturated heterocycles. The number of nitriles is 1. The Hall–Kier alpha value is -0.890. The van der Waals surface area contributed by atoms with Gasteiger partial charge in [0.1, 0.15) is 12.2 Å². The van der Waals surface area contributed by atoms with Gasteiger partial charge in [-0.15, -0.1) is 0 Å². The van der Waals surface area contributed by atoms with Gasteiger partial charge < -0.3 is 13.8 Å². The second-order valence-electron chi connectivity index (χ2n) is 3.12. The fraction of sp³-hybridized carbons (Fsp3) is 0.800. The van der Waals surface area contributed by atoms with E-state index in [-0.39, 0.29) is 13.2 Å². The summed E-state index contributed by atoms with van der Waals surface area (Å²) < 4.78 is 26.6. The molecule has 0 heterocycles. The highest BCUT2D eigenvalue weighted by molar-refractivity contribution is 7.54. The van der Waals surface area contributed by atoms with E-state index in [2.05, 4.69) is 0 Å². The molecule has 7 heteroatoms. The first-order valence-corrected chi connectivity index (χ1v) is 7.21. The highest BCUT2D eigenvalue weighted by Crippen LogP contribution is 2.47. The van der Waals surface area contributed by atoms with E-state index in [1.165, 1.54) is 0 Å². The zero-order valence-corrected chi connectivity index (χ0v) is 11.2. The zero-order valence-electron chi connectivity index (χ0n) is 10.3. The highest BCUT2D eigenvalue weighted by Gasteiger charge is 2.29. The van der Waals surface area contributed by atoms with E-state index in [1.807, 2.05) is 6.07 Å². The third kappa shape index (κ3) is 6.42. The summed E-state index contributed by atoms with van der Waals surface area (Å²) >= 11 is 0. The number of carbonyl (C=O) groups is 1. The van der Waals surface area contributed by atoms with Crippen molar-refractivity contribution in [2.24, 2.45) is 0 Å². The Morgan fingerprint density at radius 2 is 1.82 bits per heavy atom. The Bertz CT molecular complexity index is 315. The largest absolute Gasteiger partial charge is 0.446 e. The van der Waals surface area contributed by atoms with Gasteiger partial charge in [-0.2, -0.15) is 5.26 Å². The SMILES string of the molecule is CCOP(=O)(CC(=O)OC(C#N)CC)OCC. The van der Waals surface area contributed by atoms with Crippen LogP contribution in [-0.2, 0) is 23.1 Å². The van der Waals surface area contributed by atoms with Crippen molar-refractivity contribution in [3.8, 4) is 6.07 Å². The predicted molar refractivity (Wildman–Crippen MR) is 61.5 cm³/mol. The van der Waals surface area contributed by atoms with E-state index >= 15 is 0 Å². The van der Waals surface area contributed by atoms with Crippen molar-refractivity contribution in [1.29, 1.82) is 5.26 Å². The van der Waals surface area contributed by atoms with Gasteiger partial charge in [0.15, 0.2) is 6.10 Å². The minimum Gasteiger partial charge on any atom is -0.446 e. The lowest BCUT2D eigenvalue weighted by Crippen LogP contribution is -2.19. The molecule has 6 nitrogen and oxygen atoms in total. The quantitative estimate of drug-likeness (QED) is 0.492. The third-order valence-electron chi connectivity index (χ3n) is 1.76. The van der Waals surface area contributed by atoms with Crippen molar-refractivity contribution in [3.05, 3.63) is 0 Å². The van der Waals surface area contributed by atoms with Gasteiger partial charge in [-0.25, -0.2) is 0 Å². The summed E-state index contributed by atoms with van der Waals surface area (Å²) in [5.74, 6) is -0.747. The Morgan fingerprint density at radius 3 is 2.18 bits per heavy atom. The lowest BCUT2D eigenvalue weighted by Gasteiger charge is -2.16. The lowest BCUT2D eigenvalue weighted by atomic mass is 10.3. The molecule has 0 saturated carbocycles. The highest BCUT2D eigenvalue weighted by atomic mass is 31.2. The molecule has 0 aromatic rings. The van der Waals surface area contributed by atoms with Crippen LogP contribution in [0.2, 0.25) is 0 Å². The lowest BCUT2D eigenvalue weighted by molar-refractivity contribution is -0.143. The summed E-state index contributed by atoms with van der Waals surface area (Å²) in [7, 11) is -3.44. The third-order valence-corrected chi connectivity index (χ3v) is 3.71. The van der Waals surface area contributed by atoms with Gasteiger partial charge in [0, 0.05) is 0 Å². The standard InChI is InChI=1S/C10H18NO5P/c1-4-9(7-11)16-10(12)8-17(13,14-5-2)15-6-3/h9H,4-6,8H2,1-3H3. The van der Waals surface area contributed by atoms with Gasteiger partial charge in [-0.05, 0) is 20.3 Å². The summed E-state index contributed by atoms with van der Waals surface area (Å²) in [6, 6.07) is 1.82. The van der Waals surface area contributed by atoms with Crippen LogP contribution >= 0.6 is 7.60 Å². The van der Waals surface area contributed by atoms with Gasteiger partial charge in [0.2, 0.25) is 0 Å². The number of esters is 1. The molecule has 0 aliphatic rings. The first-order chi connectivity index (χ1) is 8.01. The Labute approximate surface area is 101 Å². The molecule has 98 valence electrons. The molecule has 0 amide bonds. The van der Waals surface area contributed by atoms with Crippen LogP contribution in [-0.4, -0.2) is 31.4 Å². The fourth-order valence-electron chi connectivity index (χ4n) is 1.08. The Balaban J connectivity index is 4.41. The number of carbonyl (C=O) groups excluding carboxylic acids is 1. The molecule has 0 spiro atoms. The second kappa shape index (κ2) is 8.24. The smallest absolute Gasteiger partial charge is 0.341 e. The molecular formula is C10H18NO5P. The fourth-order valence-corrected chi connectivity index (χ4v) is 2.51. The maximum atomic E-state index is 12.0. The molecular weight excluding hydrogens is 245 g/mol. The number of ether oxygens (including phenoxy) is 1. The monoisotopic (exact) mass is 263 g/mol. The molecule has 0 aromatic carbocycles. The Morgan fingerprint density at radius 1 is 1.29 bits per heavy atom. The van der Waals surface area contributed by atoms with Crippen LogP contribution in [0.25, 0.3) is 0 Å². The molecule has 0 aliphatic carbocycles. The van der Waals surface area contributed by atoms with Crippen LogP contribution < -0.4 is 0 Å². The predicted octanol–water partition coefficient (Wildman–Crippen LogP) is 2.10. The van der Waals surface area contributed by atoms with Crippen molar-refractivity contribution in [1.82, 2.24) is 0 Å².